The fraction of sp³-hybridized carbons (Fsp3) is 1.00. The predicted molar refractivity (Wildman–Crippen MR) is 69.3 cm³/mol. The van der Waals surface area contributed by atoms with E-state index >= 15 is 0 Å². The Morgan fingerprint density at radius 1 is 1.35 bits per heavy atom. The van der Waals surface area contributed by atoms with E-state index in [0.29, 0.717) is 25.4 Å². The van der Waals surface area contributed by atoms with Gasteiger partial charge in [-0.3, -0.25) is 0 Å². The van der Waals surface area contributed by atoms with E-state index < -0.39 is 15.6 Å². The number of piperidine rings is 1. The van der Waals surface area contributed by atoms with Crippen LogP contribution in [0.25, 0.3) is 0 Å². The molecule has 1 rings (SSSR count). The van der Waals surface area contributed by atoms with Gasteiger partial charge in [0.15, 0.2) is 0 Å². The van der Waals surface area contributed by atoms with Gasteiger partial charge in [0.1, 0.15) is 0 Å². The van der Waals surface area contributed by atoms with E-state index in [-0.39, 0.29) is 0 Å². The lowest BCUT2D eigenvalue weighted by atomic mass is 9.83. The lowest BCUT2D eigenvalue weighted by Crippen LogP contribution is -2.42. The van der Waals surface area contributed by atoms with Crippen LogP contribution < -0.4 is 0 Å². The maximum Gasteiger partial charge on any atom is 0.211 e. The minimum absolute atomic E-state index is 0.295. The van der Waals surface area contributed by atoms with E-state index in [1.807, 2.05) is 13.8 Å². The van der Waals surface area contributed by atoms with E-state index in [2.05, 4.69) is 0 Å². The SMILES string of the molecule is CCC(O)(CC)CC1CCCN(S(C)(=O)=O)C1. The second kappa shape index (κ2) is 5.67. The van der Waals surface area contributed by atoms with Crippen molar-refractivity contribution in [2.24, 2.45) is 5.92 Å². The van der Waals surface area contributed by atoms with Crippen LogP contribution in [0.1, 0.15) is 46.0 Å². The van der Waals surface area contributed by atoms with Gasteiger partial charge < -0.3 is 5.11 Å². The van der Waals surface area contributed by atoms with Crippen LogP contribution in [0, 0.1) is 5.92 Å². The Morgan fingerprint density at radius 3 is 2.41 bits per heavy atom. The van der Waals surface area contributed by atoms with Gasteiger partial charge in [-0.05, 0) is 38.0 Å². The van der Waals surface area contributed by atoms with E-state index in [4.69, 9.17) is 0 Å². The highest BCUT2D eigenvalue weighted by Gasteiger charge is 2.32. The first-order valence-corrected chi connectivity index (χ1v) is 8.33. The number of rotatable bonds is 5. The van der Waals surface area contributed by atoms with Gasteiger partial charge in [0.05, 0.1) is 11.9 Å². The summed E-state index contributed by atoms with van der Waals surface area (Å²) in [7, 11) is -3.08. The molecule has 1 unspecified atom stereocenters. The first-order valence-electron chi connectivity index (χ1n) is 6.48. The van der Waals surface area contributed by atoms with Gasteiger partial charge >= 0.3 is 0 Å². The molecule has 17 heavy (non-hydrogen) atoms. The van der Waals surface area contributed by atoms with Gasteiger partial charge in [-0.25, -0.2) is 12.7 Å². The Balaban J connectivity index is 2.62. The zero-order chi connectivity index (χ0) is 13.1. The molecule has 1 fully saturated rings. The molecule has 1 heterocycles. The largest absolute Gasteiger partial charge is 0.390 e. The highest BCUT2D eigenvalue weighted by atomic mass is 32.2. The van der Waals surface area contributed by atoms with Crippen molar-refractivity contribution in [3.05, 3.63) is 0 Å². The van der Waals surface area contributed by atoms with Crippen LogP contribution in [0.15, 0.2) is 0 Å². The Kier molecular flexibility index (Phi) is 4.98. The van der Waals surface area contributed by atoms with Crippen molar-refractivity contribution in [2.75, 3.05) is 19.3 Å². The summed E-state index contributed by atoms with van der Waals surface area (Å²) in [6, 6.07) is 0. The molecule has 0 spiro atoms. The fourth-order valence-corrected chi connectivity index (χ4v) is 3.51. The maximum absolute atomic E-state index is 11.5. The average molecular weight is 263 g/mol. The third-order valence-corrected chi connectivity index (χ3v) is 5.21. The topological polar surface area (TPSA) is 57.6 Å². The van der Waals surface area contributed by atoms with Gasteiger partial charge in [0, 0.05) is 13.1 Å². The van der Waals surface area contributed by atoms with Gasteiger partial charge in [-0.1, -0.05) is 13.8 Å². The highest BCUT2D eigenvalue weighted by Crippen LogP contribution is 2.30. The van der Waals surface area contributed by atoms with Crippen LogP contribution in [0.2, 0.25) is 0 Å². The van der Waals surface area contributed by atoms with Crippen LogP contribution in [-0.2, 0) is 10.0 Å². The van der Waals surface area contributed by atoms with Crippen molar-refractivity contribution in [1.82, 2.24) is 4.31 Å². The normalized spacial score (nSPS) is 23.9. The molecule has 0 aromatic heterocycles. The predicted octanol–water partition coefficient (Wildman–Crippen LogP) is 1.60. The van der Waals surface area contributed by atoms with Gasteiger partial charge in [0.2, 0.25) is 10.0 Å². The van der Waals surface area contributed by atoms with E-state index in [1.54, 1.807) is 4.31 Å². The standard InChI is InChI=1S/C12H25NO3S/c1-4-12(14,5-2)9-11-7-6-8-13(10-11)17(3,15)16/h11,14H,4-10H2,1-3H3. The number of sulfonamides is 1. The lowest BCUT2D eigenvalue weighted by molar-refractivity contribution is 0.000770. The molecule has 0 aliphatic carbocycles. The molecule has 1 atom stereocenters. The number of hydrogen-bond donors (Lipinski definition) is 1. The molecular formula is C12H25NO3S. The molecule has 0 aromatic rings. The molecule has 1 aliphatic heterocycles. The second-order valence-corrected chi connectivity index (χ2v) is 7.25. The Hall–Kier alpha value is -0.130. The van der Waals surface area contributed by atoms with Crippen LogP contribution in [0.4, 0.5) is 0 Å². The summed E-state index contributed by atoms with van der Waals surface area (Å²) in [5.41, 5.74) is -0.620. The Bertz CT molecular complexity index is 336. The number of hydrogen-bond acceptors (Lipinski definition) is 3. The van der Waals surface area contributed by atoms with Gasteiger partial charge in [-0.2, -0.15) is 0 Å². The number of aliphatic hydroxyl groups is 1. The maximum atomic E-state index is 11.5. The summed E-state index contributed by atoms with van der Waals surface area (Å²) >= 11 is 0. The summed E-state index contributed by atoms with van der Waals surface area (Å²) in [5.74, 6) is 0.295. The van der Waals surface area contributed by atoms with Gasteiger partial charge in [-0.15, -0.1) is 0 Å². The minimum atomic E-state index is -3.08. The monoisotopic (exact) mass is 263 g/mol. The molecule has 102 valence electrons. The van der Waals surface area contributed by atoms with Crippen molar-refractivity contribution >= 4 is 10.0 Å². The third-order valence-electron chi connectivity index (χ3n) is 3.94. The zero-order valence-electron chi connectivity index (χ0n) is 11.1. The van der Waals surface area contributed by atoms with Crippen LogP contribution in [0.3, 0.4) is 0 Å². The third kappa shape index (κ3) is 4.23. The average Bonchev–Trinajstić information content (AvgIpc) is 2.28. The summed E-state index contributed by atoms with van der Waals surface area (Å²) in [6.45, 7) is 5.18. The summed E-state index contributed by atoms with van der Waals surface area (Å²) < 4.78 is 24.5. The Labute approximate surface area is 105 Å². The van der Waals surface area contributed by atoms with Crippen molar-refractivity contribution in [3.8, 4) is 0 Å². The van der Waals surface area contributed by atoms with Crippen molar-refractivity contribution in [2.45, 2.75) is 51.6 Å². The molecule has 4 nitrogen and oxygen atoms in total. The number of nitrogens with zero attached hydrogens (tertiary/aromatic N) is 1. The molecule has 0 bridgehead atoms. The van der Waals surface area contributed by atoms with E-state index in [1.165, 1.54) is 6.26 Å². The summed E-state index contributed by atoms with van der Waals surface area (Å²) in [6.07, 6.45) is 5.38. The molecule has 0 radical (unpaired) electrons. The minimum Gasteiger partial charge on any atom is -0.390 e. The molecule has 1 N–H and O–H groups in total. The smallest absolute Gasteiger partial charge is 0.211 e. The van der Waals surface area contributed by atoms with Crippen LogP contribution >= 0.6 is 0 Å². The quantitative estimate of drug-likeness (QED) is 0.819. The fourth-order valence-electron chi connectivity index (χ4n) is 2.57. The van der Waals surface area contributed by atoms with Crippen molar-refractivity contribution < 1.29 is 13.5 Å². The molecule has 1 aliphatic rings. The van der Waals surface area contributed by atoms with E-state index in [0.717, 1.165) is 25.7 Å². The van der Waals surface area contributed by atoms with Crippen LogP contribution in [-0.4, -0.2) is 42.8 Å². The summed E-state index contributed by atoms with van der Waals surface area (Å²) in [4.78, 5) is 0. The first-order chi connectivity index (χ1) is 7.80. The molecule has 5 heteroatoms. The molecular weight excluding hydrogens is 238 g/mol. The van der Waals surface area contributed by atoms with Crippen LogP contribution in [0.5, 0.6) is 0 Å². The van der Waals surface area contributed by atoms with E-state index in [9.17, 15) is 13.5 Å². The molecule has 0 aromatic carbocycles. The lowest BCUT2D eigenvalue weighted by Gasteiger charge is -2.36. The van der Waals surface area contributed by atoms with Crippen molar-refractivity contribution in [3.63, 3.8) is 0 Å². The summed E-state index contributed by atoms with van der Waals surface area (Å²) in [5, 5.41) is 10.3. The van der Waals surface area contributed by atoms with Crippen molar-refractivity contribution in [1.29, 1.82) is 0 Å². The molecule has 0 amide bonds. The molecule has 0 saturated carbocycles. The zero-order valence-corrected chi connectivity index (χ0v) is 12.0. The second-order valence-electron chi connectivity index (χ2n) is 5.26. The Morgan fingerprint density at radius 2 is 1.94 bits per heavy atom. The molecule has 1 saturated heterocycles. The van der Waals surface area contributed by atoms with Gasteiger partial charge in [0.25, 0.3) is 0 Å². The highest BCUT2D eigenvalue weighted by molar-refractivity contribution is 7.88. The first kappa shape index (κ1) is 14.9.